The van der Waals surface area contributed by atoms with Crippen LogP contribution in [0.3, 0.4) is 0 Å². The molecule has 1 N–H and O–H groups in total. The average molecular weight is 569 g/mol. The lowest BCUT2D eigenvalue weighted by molar-refractivity contribution is -0.197. The number of amides is 1. The van der Waals surface area contributed by atoms with Gasteiger partial charge in [-0.15, -0.1) is 0 Å². The van der Waals surface area contributed by atoms with E-state index in [1.165, 1.54) is 6.33 Å². The molecule has 2 atom stereocenters. The Bertz CT molecular complexity index is 1480. The summed E-state index contributed by atoms with van der Waals surface area (Å²) >= 11 is 0. The number of rotatable bonds is 10. The molecule has 9 nitrogen and oxygen atoms in total. The first-order valence-corrected chi connectivity index (χ1v) is 13.7. The van der Waals surface area contributed by atoms with Crippen LogP contribution in [0.5, 0.6) is 5.75 Å². The van der Waals surface area contributed by atoms with Crippen molar-refractivity contribution in [2.45, 2.75) is 76.4 Å². The number of aromatic nitrogens is 4. The van der Waals surface area contributed by atoms with Crippen LogP contribution >= 0.6 is 0 Å². The highest BCUT2D eigenvalue weighted by molar-refractivity contribution is 5.95. The molecule has 2 heterocycles. The summed E-state index contributed by atoms with van der Waals surface area (Å²) in [7, 11) is 0. The second kappa shape index (κ2) is 12.1. The van der Waals surface area contributed by atoms with Gasteiger partial charge in [-0.05, 0) is 63.2 Å². The van der Waals surface area contributed by atoms with Gasteiger partial charge < -0.3 is 19.4 Å². The smallest absolute Gasteiger partial charge is 0.425 e. The lowest BCUT2D eigenvalue weighted by atomic mass is 9.91. The number of hydrogen-bond acceptors (Lipinski definition) is 6. The molecule has 1 amide bonds. The summed E-state index contributed by atoms with van der Waals surface area (Å²) in [6, 6.07) is 7.90. The van der Waals surface area contributed by atoms with Crippen LogP contribution in [0.15, 0.2) is 49.1 Å². The summed E-state index contributed by atoms with van der Waals surface area (Å²) in [6.45, 7) is 2.11. The number of alkyl halides is 3. The fraction of sp³-hybridized carbons (Fsp3) is 0.448. The minimum Gasteiger partial charge on any atom is -0.494 e. The molecular weight excluding hydrogens is 537 g/mol. The van der Waals surface area contributed by atoms with Crippen molar-refractivity contribution in [2.75, 3.05) is 6.61 Å². The second-order valence-electron chi connectivity index (χ2n) is 10.3. The Morgan fingerprint density at radius 3 is 2.76 bits per heavy atom. The molecule has 1 fully saturated rings. The highest BCUT2D eigenvalue weighted by Crippen LogP contribution is 2.42. The monoisotopic (exact) mass is 568 g/mol. The summed E-state index contributed by atoms with van der Waals surface area (Å²) in [5.74, 6) is 0.733. The Balaban J connectivity index is 1.31. The highest BCUT2D eigenvalue weighted by Gasteiger charge is 2.39. The summed E-state index contributed by atoms with van der Waals surface area (Å²) in [5.41, 5.74) is 3.13. The van der Waals surface area contributed by atoms with Gasteiger partial charge in [-0.2, -0.15) is 23.5 Å². The molecule has 3 aromatic rings. The predicted octanol–water partition coefficient (Wildman–Crippen LogP) is 6.08. The standard InChI is InChI=1S/C29H31F3N6O3/c1-19(29(30,31)32)41-28(39)36-21-9-7-20(8-10-21)27-25(16-33)24-12-11-23(15-26(24)38(27)22-5-4-6-22)40-14-3-2-13-37-18-34-17-35-37/h7-9,11-12,15,17-19,21-22H,2-6,10,13-14H2,1H3,(H,36,39)/t19-,21?/m1/s1. The largest absolute Gasteiger partial charge is 0.494 e. The minimum absolute atomic E-state index is 0.247. The molecular formula is C29H31F3N6O3. The summed E-state index contributed by atoms with van der Waals surface area (Å²) in [6.07, 6.45) is 5.87. The number of aryl methyl sites for hydroxylation is 1. The van der Waals surface area contributed by atoms with Crippen LogP contribution < -0.4 is 10.1 Å². The molecule has 0 radical (unpaired) electrons. The highest BCUT2D eigenvalue weighted by atomic mass is 19.4. The number of carbonyl (C=O) groups excluding carboxylic acids is 1. The number of benzene rings is 1. The molecule has 0 bridgehead atoms. The maximum Gasteiger partial charge on any atom is 0.425 e. The maximum absolute atomic E-state index is 12.7. The number of carbonyl (C=O) groups is 1. The van der Waals surface area contributed by atoms with E-state index in [9.17, 15) is 23.2 Å². The average Bonchev–Trinajstić information content (AvgIpc) is 3.53. The number of alkyl carbamates (subject to hydrolysis) is 1. The van der Waals surface area contributed by atoms with Crippen molar-refractivity contribution in [3.05, 3.63) is 60.3 Å². The second-order valence-corrected chi connectivity index (χ2v) is 10.3. The molecule has 0 aliphatic heterocycles. The summed E-state index contributed by atoms with van der Waals surface area (Å²) in [4.78, 5) is 15.9. The molecule has 2 aromatic heterocycles. The molecule has 41 heavy (non-hydrogen) atoms. The number of nitrogens with one attached hydrogen (secondary N) is 1. The van der Waals surface area contributed by atoms with Crippen LogP contribution in [0.25, 0.3) is 16.5 Å². The van der Waals surface area contributed by atoms with Gasteiger partial charge in [0, 0.05) is 24.0 Å². The van der Waals surface area contributed by atoms with Gasteiger partial charge in [-0.1, -0.05) is 18.2 Å². The van der Waals surface area contributed by atoms with Crippen LogP contribution in [0, 0.1) is 11.3 Å². The van der Waals surface area contributed by atoms with Gasteiger partial charge in [0.1, 0.15) is 24.5 Å². The third-order valence-electron chi connectivity index (χ3n) is 7.47. The Hall–Kier alpha value is -4.27. The first kappa shape index (κ1) is 28.3. The number of nitrogens with zero attached hydrogens (tertiary/aromatic N) is 5. The number of hydrogen-bond donors (Lipinski definition) is 1. The van der Waals surface area contributed by atoms with Gasteiger partial charge in [0.05, 0.1) is 29.4 Å². The summed E-state index contributed by atoms with van der Waals surface area (Å²) in [5, 5.41) is 17.6. The van der Waals surface area contributed by atoms with Crippen LogP contribution in [-0.4, -0.2) is 50.4 Å². The summed E-state index contributed by atoms with van der Waals surface area (Å²) < 4.78 is 52.7. The Morgan fingerprint density at radius 1 is 1.29 bits per heavy atom. The normalized spacial score (nSPS) is 17.9. The number of allylic oxidation sites excluding steroid dienone is 2. The first-order valence-electron chi connectivity index (χ1n) is 13.7. The number of halogens is 3. The van der Waals surface area contributed by atoms with E-state index in [-0.39, 0.29) is 6.04 Å². The molecule has 2 aliphatic carbocycles. The van der Waals surface area contributed by atoms with Gasteiger partial charge in [-0.25, -0.2) is 9.78 Å². The van der Waals surface area contributed by atoms with E-state index in [0.717, 1.165) is 73.5 Å². The van der Waals surface area contributed by atoms with Crippen LogP contribution in [-0.2, 0) is 11.3 Å². The molecule has 1 saturated carbocycles. The molecule has 216 valence electrons. The molecule has 0 saturated heterocycles. The van der Waals surface area contributed by atoms with Gasteiger partial charge in [-0.3, -0.25) is 4.68 Å². The van der Waals surface area contributed by atoms with Gasteiger partial charge >= 0.3 is 12.3 Å². The van der Waals surface area contributed by atoms with E-state index in [0.29, 0.717) is 18.6 Å². The minimum atomic E-state index is -4.63. The number of ether oxygens (including phenoxy) is 2. The van der Waals surface area contributed by atoms with E-state index in [1.54, 1.807) is 23.2 Å². The van der Waals surface area contributed by atoms with Gasteiger partial charge in [0.2, 0.25) is 0 Å². The van der Waals surface area contributed by atoms with Crippen LogP contribution in [0.4, 0.5) is 18.0 Å². The van der Waals surface area contributed by atoms with E-state index in [4.69, 9.17) is 4.74 Å². The van der Waals surface area contributed by atoms with Crippen molar-refractivity contribution in [2.24, 2.45) is 0 Å². The fourth-order valence-corrected chi connectivity index (χ4v) is 5.03. The van der Waals surface area contributed by atoms with Crippen molar-refractivity contribution >= 4 is 22.6 Å². The quantitative estimate of drug-likeness (QED) is 0.297. The molecule has 1 aromatic carbocycles. The van der Waals surface area contributed by atoms with Crippen molar-refractivity contribution in [3.63, 3.8) is 0 Å². The van der Waals surface area contributed by atoms with Crippen molar-refractivity contribution in [1.82, 2.24) is 24.6 Å². The predicted molar refractivity (Wildman–Crippen MR) is 145 cm³/mol. The number of fused-ring (bicyclic) bond motifs is 1. The van der Waals surface area contributed by atoms with E-state index in [2.05, 4.69) is 30.8 Å². The van der Waals surface area contributed by atoms with Gasteiger partial charge in [0.15, 0.2) is 6.10 Å². The molecule has 5 rings (SSSR count). The van der Waals surface area contributed by atoms with E-state index in [1.807, 2.05) is 24.3 Å². The molecule has 1 unspecified atom stereocenters. The third-order valence-corrected chi connectivity index (χ3v) is 7.47. The lowest BCUT2D eigenvalue weighted by Gasteiger charge is -2.31. The molecule has 2 aliphatic rings. The Kier molecular flexibility index (Phi) is 8.33. The van der Waals surface area contributed by atoms with E-state index < -0.39 is 24.4 Å². The van der Waals surface area contributed by atoms with Crippen molar-refractivity contribution in [1.29, 1.82) is 5.26 Å². The lowest BCUT2D eigenvalue weighted by Crippen LogP contribution is -2.39. The molecule has 12 heteroatoms. The Morgan fingerprint density at radius 2 is 2.12 bits per heavy atom. The van der Waals surface area contributed by atoms with Crippen LogP contribution in [0.1, 0.15) is 62.7 Å². The number of nitriles is 1. The van der Waals surface area contributed by atoms with E-state index >= 15 is 0 Å². The third kappa shape index (κ3) is 6.39. The van der Waals surface area contributed by atoms with Crippen LogP contribution in [0.2, 0.25) is 0 Å². The zero-order valence-corrected chi connectivity index (χ0v) is 22.6. The number of unbranched alkanes of at least 4 members (excludes halogenated alkanes) is 1. The van der Waals surface area contributed by atoms with Crippen molar-refractivity contribution in [3.8, 4) is 11.8 Å². The van der Waals surface area contributed by atoms with Gasteiger partial charge in [0.25, 0.3) is 0 Å². The zero-order chi connectivity index (χ0) is 29.0. The SMILES string of the molecule is C[C@@H](OC(=O)NC1C=CC(c2c(C#N)c3ccc(OCCCCn4cncn4)cc3n2C2CCC2)=CC1)C(F)(F)F. The Labute approximate surface area is 235 Å². The molecule has 0 spiro atoms. The fourth-order valence-electron chi connectivity index (χ4n) is 5.03. The first-order chi connectivity index (χ1) is 19.7. The van der Waals surface area contributed by atoms with Crippen molar-refractivity contribution < 1.29 is 27.4 Å². The maximum atomic E-state index is 12.7. The topological polar surface area (TPSA) is 107 Å². The zero-order valence-electron chi connectivity index (χ0n) is 22.6.